The van der Waals surface area contributed by atoms with Crippen LogP contribution in [0, 0.1) is 0 Å². The van der Waals surface area contributed by atoms with Crippen molar-refractivity contribution in [1.82, 2.24) is 4.57 Å². The Hall–Kier alpha value is -3.22. The molecular weight excluding hydrogens is 436 g/mol. The number of aromatic nitrogens is 1. The van der Waals surface area contributed by atoms with Crippen LogP contribution in [0.15, 0.2) is 81.4 Å². The van der Waals surface area contributed by atoms with Crippen molar-refractivity contribution < 1.29 is 4.74 Å². The normalized spacial score (nSPS) is 17.4. The Kier molecular flexibility index (Phi) is 4.70. The molecule has 1 atom stereocenters. The molecule has 0 spiro atoms. The Balaban J connectivity index is 1.58. The zero-order valence-corrected chi connectivity index (χ0v) is 19.1. The summed E-state index contributed by atoms with van der Waals surface area (Å²) in [7, 11) is 1.65. The summed E-state index contributed by atoms with van der Waals surface area (Å²) < 4.78 is 7.85. The lowest BCUT2D eigenvalue weighted by Gasteiger charge is -2.30. The number of methoxy groups -OCH3 is 1. The highest BCUT2D eigenvalue weighted by Crippen LogP contribution is 2.42. The minimum Gasteiger partial charge on any atom is -0.497 e. The Bertz CT molecular complexity index is 1520. The van der Waals surface area contributed by atoms with Gasteiger partial charge in [0.1, 0.15) is 5.75 Å². The molecule has 1 aliphatic carbocycles. The molecule has 6 heteroatoms. The van der Waals surface area contributed by atoms with Crippen LogP contribution in [0.25, 0.3) is 11.8 Å². The predicted molar refractivity (Wildman–Crippen MR) is 130 cm³/mol. The van der Waals surface area contributed by atoms with E-state index in [2.05, 4.69) is 41.8 Å². The maximum Gasteiger partial charge on any atom is 0.271 e. The van der Waals surface area contributed by atoms with Gasteiger partial charge in [-0.1, -0.05) is 53.8 Å². The Labute approximate surface area is 193 Å². The van der Waals surface area contributed by atoms with Crippen molar-refractivity contribution in [2.45, 2.75) is 18.9 Å². The first-order valence-electron chi connectivity index (χ1n) is 10.5. The molecule has 0 fully saturated rings. The van der Waals surface area contributed by atoms with Crippen LogP contribution in [0.2, 0.25) is 0 Å². The summed E-state index contributed by atoms with van der Waals surface area (Å²) in [5, 5.41) is 2.08. The molecule has 2 aliphatic rings. The van der Waals surface area contributed by atoms with Crippen LogP contribution in [0.1, 0.15) is 34.0 Å². The Morgan fingerprint density at radius 1 is 1.06 bits per heavy atom. The van der Waals surface area contributed by atoms with Gasteiger partial charge in [-0.05, 0) is 59.2 Å². The number of fused-ring (bicyclic) bond motifs is 3. The van der Waals surface area contributed by atoms with E-state index in [0.717, 1.165) is 34.7 Å². The van der Waals surface area contributed by atoms with Crippen molar-refractivity contribution in [2.24, 2.45) is 4.99 Å². The number of hydrogen-bond acceptors (Lipinski definition) is 5. The molecule has 2 aromatic carbocycles. The molecule has 6 rings (SSSR count). The van der Waals surface area contributed by atoms with Crippen LogP contribution in [-0.4, -0.2) is 11.7 Å². The number of rotatable bonds is 3. The molecule has 32 heavy (non-hydrogen) atoms. The molecule has 0 radical (unpaired) electrons. The molecule has 0 saturated heterocycles. The van der Waals surface area contributed by atoms with Crippen molar-refractivity contribution >= 4 is 34.4 Å². The molecule has 0 saturated carbocycles. The third kappa shape index (κ3) is 3.10. The summed E-state index contributed by atoms with van der Waals surface area (Å²) in [5.41, 5.74) is 5.81. The van der Waals surface area contributed by atoms with E-state index in [1.807, 2.05) is 34.9 Å². The fourth-order valence-corrected chi connectivity index (χ4v) is 6.42. The highest BCUT2D eigenvalue weighted by Gasteiger charge is 2.32. The van der Waals surface area contributed by atoms with Crippen LogP contribution in [-0.2, 0) is 6.42 Å². The maximum atomic E-state index is 13.6. The average molecular weight is 457 g/mol. The van der Waals surface area contributed by atoms with E-state index < -0.39 is 0 Å². The van der Waals surface area contributed by atoms with Gasteiger partial charge in [0, 0.05) is 10.4 Å². The molecule has 158 valence electrons. The highest BCUT2D eigenvalue weighted by molar-refractivity contribution is 7.10. The van der Waals surface area contributed by atoms with Gasteiger partial charge in [0.15, 0.2) is 4.80 Å². The Morgan fingerprint density at radius 2 is 1.91 bits per heavy atom. The lowest BCUT2D eigenvalue weighted by Crippen LogP contribution is -2.38. The largest absolute Gasteiger partial charge is 0.497 e. The number of ether oxygens (including phenoxy) is 1. The second kappa shape index (κ2) is 7.73. The molecule has 0 N–H and O–H groups in total. The summed E-state index contributed by atoms with van der Waals surface area (Å²) in [6.07, 6.45) is 3.84. The van der Waals surface area contributed by atoms with Gasteiger partial charge in [-0.3, -0.25) is 9.36 Å². The van der Waals surface area contributed by atoms with E-state index in [4.69, 9.17) is 9.73 Å². The van der Waals surface area contributed by atoms with E-state index in [-0.39, 0.29) is 11.6 Å². The molecule has 2 aromatic heterocycles. The number of hydrogen-bond donors (Lipinski definition) is 0. The van der Waals surface area contributed by atoms with E-state index in [9.17, 15) is 4.79 Å². The number of allylic oxidation sites excluding steroid dienone is 1. The van der Waals surface area contributed by atoms with Gasteiger partial charge in [-0.15, -0.1) is 11.3 Å². The number of aryl methyl sites for hydroxylation is 1. The molecule has 4 nitrogen and oxygen atoms in total. The number of benzene rings is 2. The topological polar surface area (TPSA) is 43.6 Å². The molecule has 1 aliphatic heterocycles. The fourth-order valence-electron chi connectivity index (χ4n) is 4.57. The van der Waals surface area contributed by atoms with Gasteiger partial charge in [0.05, 0.1) is 23.4 Å². The summed E-state index contributed by atoms with van der Waals surface area (Å²) in [6, 6.07) is 20.4. The quantitative estimate of drug-likeness (QED) is 0.459. The van der Waals surface area contributed by atoms with Gasteiger partial charge in [-0.2, -0.15) is 0 Å². The predicted octanol–water partition coefficient (Wildman–Crippen LogP) is 4.39. The smallest absolute Gasteiger partial charge is 0.271 e. The standard InChI is InChI=1S/C26H20N2O2S2/c1-30-18-11-8-16(9-12-18)15-22-25(29)28-24(21-7-4-14-31-21)20-13-10-17-5-2-3-6-19(17)23(20)27-26(28)32-22/h2-9,11-12,14-15,24H,10,13H2,1H3/b22-15+/t24-/m0/s1. The lowest BCUT2D eigenvalue weighted by atomic mass is 9.85. The van der Waals surface area contributed by atoms with Crippen LogP contribution >= 0.6 is 22.7 Å². The van der Waals surface area contributed by atoms with Crippen LogP contribution in [0.3, 0.4) is 0 Å². The van der Waals surface area contributed by atoms with Gasteiger partial charge in [-0.25, -0.2) is 4.99 Å². The number of thiophene rings is 1. The van der Waals surface area contributed by atoms with Crippen molar-refractivity contribution in [2.75, 3.05) is 7.11 Å². The molecule has 0 unspecified atom stereocenters. The fraction of sp³-hybridized carbons (Fsp3) is 0.154. The van der Waals surface area contributed by atoms with Crippen molar-refractivity contribution in [3.63, 3.8) is 0 Å². The second-order valence-corrected chi connectivity index (χ2v) is 9.89. The summed E-state index contributed by atoms with van der Waals surface area (Å²) >= 11 is 3.17. The maximum absolute atomic E-state index is 13.6. The van der Waals surface area contributed by atoms with E-state index in [0.29, 0.717) is 4.53 Å². The SMILES string of the molecule is COc1ccc(/C=c2/sc3n(c2=O)[C@H](c2cccs2)C2=C(N=3)c3ccccc3CC2)cc1. The van der Waals surface area contributed by atoms with Gasteiger partial charge in [0.25, 0.3) is 5.56 Å². The monoisotopic (exact) mass is 456 g/mol. The number of thiazole rings is 1. The molecule has 4 aromatic rings. The molecule has 0 amide bonds. The minimum atomic E-state index is -0.0902. The first-order valence-corrected chi connectivity index (χ1v) is 12.2. The first kappa shape index (κ1) is 19.5. The zero-order chi connectivity index (χ0) is 21.7. The van der Waals surface area contributed by atoms with E-state index in [1.165, 1.54) is 32.9 Å². The highest BCUT2D eigenvalue weighted by atomic mass is 32.1. The van der Waals surface area contributed by atoms with E-state index in [1.54, 1.807) is 18.4 Å². The Morgan fingerprint density at radius 3 is 2.69 bits per heavy atom. The van der Waals surface area contributed by atoms with Crippen molar-refractivity contribution in [3.8, 4) is 5.75 Å². The van der Waals surface area contributed by atoms with Gasteiger partial charge < -0.3 is 4.74 Å². The zero-order valence-electron chi connectivity index (χ0n) is 17.4. The first-order chi connectivity index (χ1) is 15.7. The van der Waals surface area contributed by atoms with Gasteiger partial charge in [0.2, 0.25) is 0 Å². The molecule has 0 bridgehead atoms. The number of nitrogens with zero attached hydrogens (tertiary/aromatic N) is 2. The van der Waals surface area contributed by atoms with Gasteiger partial charge >= 0.3 is 0 Å². The summed E-state index contributed by atoms with van der Waals surface area (Å²) in [6.45, 7) is 0. The van der Waals surface area contributed by atoms with Crippen LogP contribution in [0.5, 0.6) is 5.75 Å². The summed E-state index contributed by atoms with van der Waals surface area (Å²) in [5.74, 6) is 0.799. The minimum absolute atomic E-state index is 0.0216. The third-order valence-corrected chi connectivity index (χ3v) is 8.01. The third-order valence-electron chi connectivity index (χ3n) is 6.10. The van der Waals surface area contributed by atoms with E-state index >= 15 is 0 Å². The van der Waals surface area contributed by atoms with Crippen molar-refractivity contribution in [1.29, 1.82) is 0 Å². The van der Waals surface area contributed by atoms with Crippen LogP contribution in [0.4, 0.5) is 0 Å². The molecular formula is C26H20N2O2S2. The second-order valence-electron chi connectivity index (χ2n) is 7.90. The lowest BCUT2D eigenvalue weighted by molar-refractivity contribution is 0.415. The van der Waals surface area contributed by atoms with Crippen molar-refractivity contribution in [3.05, 3.63) is 113 Å². The van der Waals surface area contributed by atoms with Crippen LogP contribution < -0.4 is 19.6 Å². The average Bonchev–Trinajstić information content (AvgIpc) is 3.47. The molecule has 3 heterocycles. The summed E-state index contributed by atoms with van der Waals surface area (Å²) in [4.78, 5) is 20.6.